The Morgan fingerprint density at radius 3 is 2.35 bits per heavy atom. The van der Waals surface area contributed by atoms with Crippen LogP contribution < -0.4 is 5.56 Å². The predicted molar refractivity (Wildman–Crippen MR) is 98.0 cm³/mol. The first-order chi connectivity index (χ1) is 12.6. The van der Waals surface area contributed by atoms with Gasteiger partial charge in [0.1, 0.15) is 11.4 Å². The Morgan fingerprint density at radius 2 is 1.69 bits per heavy atom. The molecule has 0 aliphatic carbocycles. The van der Waals surface area contributed by atoms with Crippen molar-refractivity contribution in [1.29, 1.82) is 0 Å². The number of aromatic nitrogens is 3. The van der Waals surface area contributed by atoms with Crippen LogP contribution in [0.2, 0.25) is 0 Å². The Bertz CT molecular complexity index is 969. The quantitative estimate of drug-likeness (QED) is 0.710. The molecule has 7 nitrogen and oxygen atoms in total. The number of hydrogen-bond acceptors (Lipinski definition) is 6. The summed E-state index contributed by atoms with van der Waals surface area (Å²) in [5.74, 6) is 0.850. The van der Waals surface area contributed by atoms with Gasteiger partial charge in [-0.3, -0.25) is 19.0 Å². The Kier molecular flexibility index (Phi) is 4.57. The van der Waals surface area contributed by atoms with Crippen LogP contribution in [-0.2, 0) is 13.1 Å². The molecule has 4 rings (SSSR count). The molecule has 1 aliphatic rings. The van der Waals surface area contributed by atoms with Crippen molar-refractivity contribution in [3.8, 4) is 0 Å². The van der Waals surface area contributed by atoms with Crippen LogP contribution in [0.3, 0.4) is 0 Å². The van der Waals surface area contributed by atoms with Crippen molar-refractivity contribution in [3.63, 3.8) is 0 Å². The van der Waals surface area contributed by atoms with Gasteiger partial charge in [-0.2, -0.15) is 0 Å². The summed E-state index contributed by atoms with van der Waals surface area (Å²) in [5, 5.41) is 4.06. The first kappa shape index (κ1) is 16.9. The molecule has 3 aromatic heterocycles. The molecule has 0 unspecified atom stereocenters. The van der Waals surface area contributed by atoms with Gasteiger partial charge in [0.05, 0.1) is 11.4 Å². The van der Waals surface area contributed by atoms with E-state index in [-0.39, 0.29) is 5.56 Å². The highest BCUT2D eigenvalue weighted by Crippen LogP contribution is 2.11. The van der Waals surface area contributed by atoms with Gasteiger partial charge in [-0.05, 0) is 25.5 Å². The van der Waals surface area contributed by atoms with E-state index in [0.29, 0.717) is 12.2 Å². The minimum Gasteiger partial charge on any atom is -0.361 e. The molecule has 1 fully saturated rings. The first-order valence-corrected chi connectivity index (χ1v) is 8.93. The second kappa shape index (κ2) is 7.01. The third-order valence-corrected chi connectivity index (χ3v) is 4.77. The lowest BCUT2D eigenvalue weighted by Crippen LogP contribution is -2.45. The lowest BCUT2D eigenvalue weighted by Gasteiger charge is -2.34. The lowest BCUT2D eigenvalue weighted by molar-refractivity contribution is 0.119. The summed E-state index contributed by atoms with van der Waals surface area (Å²) in [6.45, 7) is 9.25. The zero-order valence-electron chi connectivity index (χ0n) is 15.2. The number of rotatable bonds is 4. The topological polar surface area (TPSA) is 66.9 Å². The molecule has 3 aromatic rings. The Labute approximate surface area is 151 Å². The van der Waals surface area contributed by atoms with Gasteiger partial charge in [-0.1, -0.05) is 11.2 Å². The normalized spacial score (nSPS) is 16.4. The molecule has 0 radical (unpaired) electrons. The lowest BCUT2D eigenvalue weighted by atomic mass is 10.2. The zero-order valence-corrected chi connectivity index (χ0v) is 15.2. The average molecular weight is 353 g/mol. The van der Waals surface area contributed by atoms with E-state index >= 15 is 0 Å². The summed E-state index contributed by atoms with van der Waals surface area (Å²) >= 11 is 0. The number of piperazine rings is 1. The van der Waals surface area contributed by atoms with Gasteiger partial charge in [0.25, 0.3) is 5.56 Å². The van der Waals surface area contributed by atoms with Crippen molar-refractivity contribution in [1.82, 2.24) is 24.3 Å². The van der Waals surface area contributed by atoms with E-state index in [1.54, 1.807) is 10.5 Å². The van der Waals surface area contributed by atoms with E-state index in [9.17, 15) is 4.79 Å². The smallest absolute Gasteiger partial charge is 0.258 e. The van der Waals surface area contributed by atoms with Gasteiger partial charge in [0.15, 0.2) is 0 Å². The third kappa shape index (κ3) is 3.68. The van der Waals surface area contributed by atoms with Gasteiger partial charge in [0, 0.05) is 57.6 Å². The molecule has 1 saturated heterocycles. The molecule has 1 aliphatic heterocycles. The molecule has 0 amide bonds. The molecular formula is C19H23N5O2. The van der Waals surface area contributed by atoms with Crippen molar-refractivity contribution in [3.05, 3.63) is 63.5 Å². The molecular weight excluding hydrogens is 330 g/mol. The molecule has 136 valence electrons. The van der Waals surface area contributed by atoms with Crippen molar-refractivity contribution < 1.29 is 4.52 Å². The van der Waals surface area contributed by atoms with Crippen molar-refractivity contribution in [2.24, 2.45) is 0 Å². The van der Waals surface area contributed by atoms with E-state index in [1.165, 1.54) is 0 Å². The number of hydrogen-bond donors (Lipinski definition) is 0. The number of fused-ring (bicyclic) bond motifs is 1. The maximum absolute atomic E-state index is 12.3. The standard InChI is InChI=1S/C19H23N5O2/c1-14-3-4-18-20-16(10-19(25)24(18)11-14)12-22-5-7-23(8-6-22)13-17-9-15(2)26-21-17/h3-4,9-11H,5-8,12-13H2,1-2H3. The zero-order chi connectivity index (χ0) is 18.1. The molecule has 0 N–H and O–H groups in total. The maximum Gasteiger partial charge on any atom is 0.258 e. The van der Waals surface area contributed by atoms with Crippen LogP contribution in [-0.4, -0.2) is 50.5 Å². The van der Waals surface area contributed by atoms with Crippen LogP contribution in [0.1, 0.15) is 22.7 Å². The summed E-state index contributed by atoms with van der Waals surface area (Å²) < 4.78 is 6.74. The van der Waals surface area contributed by atoms with Crippen molar-refractivity contribution in [2.45, 2.75) is 26.9 Å². The number of pyridine rings is 1. The van der Waals surface area contributed by atoms with E-state index in [2.05, 4.69) is 19.9 Å². The van der Waals surface area contributed by atoms with Gasteiger partial charge in [-0.15, -0.1) is 0 Å². The average Bonchev–Trinajstić information content (AvgIpc) is 3.02. The predicted octanol–water partition coefficient (Wildman–Crippen LogP) is 1.62. The largest absolute Gasteiger partial charge is 0.361 e. The Balaban J connectivity index is 1.39. The fourth-order valence-electron chi connectivity index (χ4n) is 3.40. The molecule has 0 atom stereocenters. The molecule has 0 saturated carbocycles. The van der Waals surface area contributed by atoms with Gasteiger partial charge < -0.3 is 4.52 Å². The summed E-state index contributed by atoms with van der Waals surface area (Å²) in [4.78, 5) is 21.7. The molecule has 0 aromatic carbocycles. The van der Waals surface area contributed by atoms with Crippen LogP contribution in [0.5, 0.6) is 0 Å². The van der Waals surface area contributed by atoms with E-state index in [0.717, 1.165) is 55.4 Å². The molecule has 0 spiro atoms. The van der Waals surface area contributed by atoms with E-state index < -0.39 is 0 Å². The fraction of sp³-hybridized carbons (Fsp3) is 0.421. The van der Waals surface area contributed by atoms with Crippen molar-refractivity contribution >= 4 is 5.65 Å². The maximum atomic E-state index is 12.3. The minimum atomic E-state index is -0.0197. The monoisotopic (exact) mass is 353 g/mol. The fourth-order valence-corrected chi connectivity index (χ4v) is 3.40. The van der Waals surface area contributed by atoms with E-state index in [4.69, 9.17) is 4.52 Å². The molecule has 0 bridgehead atoms. The first-order valence-electron chi connectivity index (χ1n) is 8.93. The number of aryl methyl sites for hydroxylation is 2. The van der Waals surface area contributed by atoms with Crippen molar-refractivity contribution in [2.75, 3.05) is 26.2 Å². The van der Waals surface area contributed by atoms with Crippen LogP contribution >= 0.6 is 0 Å². The highest BCUT2D eigenvalue weighted by molar-refractivity contribution is 5.39. The van der Waals surface area contributed by atoms with E-state index in [1.807, 2.05) is 38.2 Å². The molecule has 7 heteroatoms. The second-order valence-electron chi connectivity index (χ2n) is 7.00. The Hall–Kier alpha value is -2.51. The van der Waals surface area contributed by atoms with Crippen LogP contribution in [0.4, 0.5) is 0 Å². The number of nitrogens with zero attached hydrogens (tertiary/aromatic N) is 5. The minimum absolute atomic E-state index is 0.0197. The SMILES string of the molecule is Cc1ccc2nc(CN3CCN(Cc4cc(C)on4)CC3)cc(=O)n2c1. The summed E-state index contributed by atoms with van der Waals surface area (Å²) in [7, 11) is 0. The Morgan fingerprint density at radius 1 is 1.00 bits per heavy atom. The van der Waals surface area contributed by atoms with Gasteiger partial charge in [0.2, 0.25) is 0 Å². The highest BCUT2D eigenvalue weighted by atomic mass is 16.5. The highest BCUT2D eigenvalue weighted by Gasteiger charge is 2.19. The van der Waals surface area contributed by atoms with Crippen LogP contribution in [0.25, 0.3) is 5.65 Å². The summed E-state index contributed by atoms with van der Waals surface area (Å²) in [6, 6.07) is 7.52. The van der Waals surface area contributed by atoms with Crippen LogP contribution in [0, 0.1) is 13.8 Å². The third-order valence-electron chi connectivity index (χ3n) is 4.77. The van der Waals surface area contributed by atoms with Gasteiger partial charge in [-0.25, -0.2) is 4.98 Å². The van der Waals surface area contributed by atoms with Gasteiger partial charge >= 0.3 is 0 Å². The summed E-state index contributed by atoms with van der Waals surface area (Å²) in [5.41, 5.74) is 3.55. The molecule has 4 heterocycles. The molecule has 26 heavy (non-hydrogen) atoms. The van der Waals surface area contributed by atoms with Crippen LogP contribution in [0.15, 0.2) is 39.8 Å². The second-order valence-corrected chi connectivity index (χ2v) is 7.00. The summed E-state index contributed by atoms with van der Waals surface area (Å²) in [6.07, 6.45) is 1.83.